The number of fused-ring (bicyclic) bond motifs is 1. The number of carbonyl (C=O) groups is 2. The number of nitrogens with one attached hydrogen (secondary N) is 1. The van der Waals surface area contributed by atoms with Crippen molar-refractivity contribution < 1.29 is 14.3 Å². The zero-order chi connectivity index (χ0) is 19.8. The van der Waals surface area contributed by atoms with Crippen molar-refractivity contribution in [1.29, 1.82) is 0 Å². The van der Waals surface area contributed by atoms with E-state index in [0.29, 0.717) is 30.9 Å². The highest BCUT2D eigenvalue weighted by molar-refractivity contribution is 9.10. The fourth-order valence-corrected chi connectivity index (χ4v) is 3.26. The van der Waals surface area contributed by atoms with E-state index < -0.39 is 5.60 Å². The van der Waals surface area contributed by atoms with Gasteiger partial charge in [-0.2, -0.15) is 5.10 Å². The molecule has 144 valence electrons. The van der Waals surface area contributed by atoms with Crippen LogP contribution in [-0.2, 0) is 24.8 Å². The number of rotatable bonds is 2. The lowest BCUT2D eigenvalue weighted by Gasteiger charge is -2.29. The molecule has 0 spiro atoms. The minimum atomic E-state index is -0.561. The van der Waals surface area contributed by atoms with E-state index in [4.69, 9.17) is 4.74 Å². The Morgan fingerprint density at radius 3 is 2.52 bits per heavy atom. The maximum absolute atomic E-state index is 12.8. The standard InChI is InChI=1S/C19H23BrN4O3/c1-19(2,3)27-18(26)24-10-9-15-14(11-24)16(23(4)22-15)17(25)21-13-7-5-12(20)6-8-13/h5-8H,9-11H2,1-4H3,(H,21,25). The van der Waals surface area contributed by atoms with Crippen LogP contribution in [-0.4, -0.2) is 38.8 Å². The van der Waals surface area contributed by atoms with Crippen LogP contribution in [0.3, 0.4) is 0 Å². The molecule has 0 radical (unpaired) electrons. The van der Waals surface area contributed by atoms with Gasteiger partial charge < -0.3 is 15.0 Å². The second-order valence-corrected chi connectivity index (χ2v) is 8.43. The molecule has 0 saturated heterocycles. The van der Waals surface area contributed by atoms with Gasteiger partial charge >= 0.3 is 6.09 Å². The van der Waals surface area contributed by atoms with Crippen molar-refractivity contribution in [1.82, 2.24) is 14.7 Å². The molecule has 8 heteroatoms. The first kappa shape index (κ1) is 19.4. The summed E-state index contributed by atoms with van der Waals surface area (Å²) < 4.78 is 7.98. The van der Waals surface area contributed by atoms with Gasteiger partial charge in [0.2, 0.25) is 0 Å². The van der Waals surface area contributed by atoms with E-state index in [1.807, 2.05) is 45.0 Å². The summed E-state index contributed by atoms with van der Waals surface area (Å²) in [5, 5.41) is 7.36. The van der Waals surface area contributed by atoms with Crippen molar-refractivity contribution in [2.45, 2.75) is 39.3 Å². The predicted molar refractivity (Wildman–Crippen MR) is 106 cm³/mol. The van der Waals surface area contributed by atoms with Gasteiger partial charge in [0.05, 0.1) is 12.2 Å². The molecule has 2 heterocycles. The fraction of sp³-hybridized carbons (Fsp3) is 0.421. The maximum atomic E-state index is 12.8. The van der Waals surface area contributed by atoms with Crippen molar-refractivity contribution in [3.05, 3.63) is 45.7 Å². The number of carbonyl (C=O) groups excluding carboxylic acids is 2. The Bertz CT molecular complexity index is 868. The molecule has 3 rings (SSSR count). The third-order valence-corrected chi connectivity index (χ3v) is 4.69. The van der Waals surface area contributed by atoms with Crippen LogP contribution in [0.5, 0.6) is 0 Å². The zero-order valence-electron chi connectivity index (χ0n) is 15.9. The fourth-order valence-electron chi connectivity index (χ4n) is 2.99. The van der Waals surface area contributed by atoms with Gasteiger partial charge in [0.25, 0.3) is 5.91 Å². The third kappa shape index (κ3) is 4.50. The van der Waals surface area contributed by atoms with Crippen LogP contribution in [0.2, 0.25) is 0 Å². The van der Waals surface area contributed by atoms with Gasteiger partial charge in [-0.3, -0.25) is 9.48 Å². The molecule has 0 bridgehead atoms. The number of benzene rings is 1. The largest absolute Gasteiger partial charge is 0.444 e. The molecular weight excluding hydrogens is 412 g/mol. The van der Waals surface area contributed by atoms with Crippen molar-refractivity contribution >= 4 is 33.6 Å². The molecular formula is C19H23BrN4O3. The van der Waals surface area contributed by atoms with Gasteiger partial charge in [0, 0.05) is 35.7 Å². The molecule has 0 atom stereocenters. The molecule has 1 aliphatic rings. The van der Waals surface area contributed by atoms with E-state index >= 15 is 0 Å². The molecule has 0 aliphatic carbocycles. The van der Waals surface area contributed by atoms with E-state index in [1.54, 1.807) is 16.6 Å². The van der Waals surface area contributed by atoms with E-state index in [0.717, 1.165) is 15.7 Å². The highest BCUT2D eigenvalue weighted by Gasteiger charge is 2.31. The molecule has 1 aliphatic heterocycles. The summed E-state index contributed by atoms with van der Waals surface area (Å²) in [5.41, 5.74) is 2.20. The minimum absolute atomic E-state index is 0.250. The molecule has 0 unspecified atom stereocenters. The molecule has 7 nitrogen and oxygen atoms in total. The Hall–Kier alpha value is -2.35. The first-order valence-corrected chi connectivity index (χ1v) is 9.53. The Balaban J connectivity index is 1.81. The molecule has 0 fully saturated rings. The number of ether oxygens (including phenoxy) is 1. The number of aryl methyl sites for hydroxylation is 1. The quantitative estimate of drug-likeness (QED) is 0.780. The van der Waals surface area contributed by atoms with Gasteiger partial charge in [0.1, 0.15) is 11.3 Å². The molecule has 1 aromatic heterocycles. The van der Waals surface area contributed by atoms with Crippen LogP contribution in [0.1, 0.15) is 42.5 Å². The highest BCUT2D eigenvalue weighted by Crippen LogP contribution is 2.24. The summed E-state index contributed by atoms with van der Waals surface area (Å²) >= 11 is 3.38. The average Bonchev–Trinajstić information content (AvgIpc) is 2.90. The summed E-state index contributed by atoms with van der Waals surface area (Å²) in [6.45, 7) is 6.33. The number of anilines is 1. The van der Waals surface area contributed by atoms with Gasteiger partial charge in [-0.15, -0.1) is 0 Å². The number of halogens is 1. The first-order chi connectivity index (χ1) is 12.6. The summed E-state index contributed by atoms with van der Waals surface area (Å²) in [6.07, 6.45) is 0.213. The van der Waals surface area contributed by atoms with Crippen molar-refractivity contribution in [2.75, 3.05) is 11.9 Å². The van der Waals surface area contributed by atoms with Gasteiger partial charge in [-0.05, 0) is 45.0 Å². The number of aromatic nitrogens is 2. The van der Waals surface area contributed by atoms with Crippen LogP contribution in [0.4, 0.5) is 10.5 Å². The number of amides is 2. The second-order valence-electron chi connectivity index (χ2n) is 7.51. The van der Waals surface area contributed by atoms with Gasteiger partial charge in [0.15, 0.2) is 0 Å². The minimum Gasteiger partial charge on any atom is -0.444 e. The van der Waals surface area contributed by atoms with E-state index in [1.165, 1.54) is 0 Å². The molecule has 1 N–H and O–H groups in total. The van der Waals surface area contributed by atoms with Crippen LogP contribution < -0.4 is 5.32 Å². The van der Waals surface area contributed by atoms with Crippen molar-refractivity contribution in [2.24, 2.45) is 7.05 Å². The molecule has 2 amide bonds. The lowest BCUT2D eigenvalue weighted by Crippen LogP contribution is -2.40. The number of hydrogen-bond donors (Lipinski definition) is 1. The second kappa shape index (κ2) is 7.34. The maximum Gasteiger partial charge on any atom is 0.410 e. The van der Waals surface area contributed by atoms with Crippen LogP contribution in [0.15, 0.2) is 28.7 Å². The Morgan fingerprint density at radius 1 is 1.22 bits per heavy atom. The molecule has 1 aromatic carbocycles. The molecule has 27 heavy (non-hydrogen) atoms. The SMILES string of the molecule is Cn1nc2c(c1C(=O)Nc1ccc(Br)cc1)CN(C(=O)OC(C)(C)C)CC2. The van der Waals surface area contributed by atoms with Crippen molar-refractivity contribution in [3.63, 3.8) is 0 Å². The highest BCUT2D eigenvalue weighted by atomic mass is 79.9. The van der Waals surface area contributed by atoms with E-state index in [-0.39, 0.29) is 12.0 Å². The van der Waals surface area contributed by atoms with Gasteiger partial charge in [-0.1, -0.05) is 15.9 Å². The normalized spacial score (nSPS) is 13.9. The summed E-state index contributed by atoms with van der Waals surface area (Å²) in [7, 11) is 1.74. The lowest BCUT2D eigenvalue weighted by molar-refractivity contribution is 0.0222. The van der Waals surface area contributed by atoms with Crippen LogP contribution in [0, 0.1) is 0 Å². The smallest absolute Gasteiger partial charge is 0.410 e. The Labute approximate surface area is 166 Å². The van der Waals surface area contributed by atoms with Crippen LogP contribution >= 0.6 is 15.9 Å². The van der Waals surface area contributed by atoms with E-state index in [2.05, 4.69) is 26.3 Å². The lowest BCUT2D eigenvalue weighted by atomic mass is 10.1. The number of nitrogens with zero attached hydrogens (tertiary/aromatic N) is 3. The monoisotopic (exact) mass is 434 g/mol. The Kier molecular flexibility index (Phi) is 5.28. The Morgan fingerprint density at radius 2 is 1.89 bits per heavy atom. The average molecular weight is 435 g/mol. The van der Waals surface area contributed by atoms with E-state index in [9.17, 15) is 9.59 Å². The summed E-state index contributed by atoms with van der Waals surface area (Å²) in [5.74, 6) is -0.250. The summed E-state index contributed by atoms with van der Waals surface area (Å²) in [4.78, 5) is 26.9. The summed E-state index contributed by atoms with van der Waals surface area (Å²) in [6, 6.07) is 7.35. The van der Waals surface area contributed by atoms with Crippen molar-refractivity contribution in [3.8, 4) is 0 Å². The van der Waals surface area contributed by atoms with Gasteiger partial charge in [-0.25, -0.2) is 4.79 Å². The predicted octanol–water partition coefficient (Wildman–Crippen LogP) is 3.73. The molecule has 2 aromatic rings. The first-order valence-electron chi connectivity index (χ1n) is 8.73. The number of hydrogen-bond acceptors (Lipinski definition) is 4. The third-order valence-electron chi connectivity index (χ3n) is 4.16. The van der Waals surface area contributed by atoms with Crippen LogP contribution in [0.25, 0.3) is 0 Å². The topological polar surface area (TPSA) is 76.5 Å². The molecule has 0 saturated carbocycles. The zero-order valence-corrected chi connectivity index (χ0v) is 17.5.